The van der Waals surface area contributed by atoms with Crippen LogP contribution in [-0.4, -0.2) is 56.9 Å². The van der Waals surface area contributed by atoms with E-state index < -0.39 is 0 Å². The summed E-state index contributed by atoms with van der Waals surface area (Å²) in [6, 6.07) is 0.0910. The second-order valence-electron chi connectivity index (χ2n) is 6.98. The number of hydrogen-bond acceptors (Lipinski definition) is 5. The van der Waals surface area contributed by atoms with E-state index in [-0.39, 0.29) is 18.6 Å². The first kappa shape index (κ1) is 18.9. The van der Waals surface area contributed by atoms with Crippen LogP contribution in [0.25, 0.3) is 0 Å². The molecule has 0 spiro atoms. The van der Waals surface area contributed by atoms with Gasteiger partial charge in [-0.2, -0.15) is 0 Å². The van der Waals surface area contributed by atoms with Gasteiger partial charge in [-0.3, -0.25) is 9.69 Å². The SMILES string of the molecule is Cc1nnc(CN(C)CC(=O)NC(CCO)C2CCCCC2)n1C. The number of likely N-dealkylation sites (N-methyl/N-ethyl adjacent to an activating group) is 1. The molecule has 24 heavy (non-hydrogen) atoms. The van der Waals surface area contributed by atoms with Crippen molar-refractivity contribution in [2.24, 2.45) is 13.0 Å². The Kier molecular flexibility index (Phi) is 7.17. The van der Waals surface area contributed by atoms with Crippen LogP contribution in [0.2, 0.25) is 0 Å². The van der Waals surface area contributed by atoms with Gasteiger partial charge in [0.15, 0.2) is 0 Å². The predicted molar refractivity (Wildman–Crippen MR) is 92.3 cm³/mol. The van der Waals surface area contributed by atoms with Crippen LogP contribution in [0.1, 0.15) is 50.2 Å². The summed E-state index contributed by atoms with van der Waals surface area (Å²) in [6.07, 6.45) is 6.69. The number of aliphatic hydroxyl groups is 1. The maximum atomic E-state index is 12.4. The molecule has 136 valence electrons. The summed E-state index contributed by atoms with van der Waals surface area (Å²) >= 11 is 0. The Morgan fingerprint density at radius 2 is 2.08 bits per heavy atom. The number of hydrogen-bond donors (Lipinski definition) is 2. The van der Waals surface area contributed by atoms with E-state index >= 15 is 0 Å². The molecule has 1 aromatic heterocycles. The lowest BCUT2D eigenvalue weighted by molar-refractivity contribution is -0.123. The molecule has 7 nitrogen and oxygen atoms in total. The highest BCUT2D eigenvalue weighted by atomic mass is 16.3. The van der Waals surface area contributed by atoms with Gasteiger partial charge in [-0.25, -0.2) is 0 Å². The van der Waals surface area contributed by atoms with E-state index in [1.165, 1.54) is 19.3 Å². The van der Waals surface area contributed by atoms with E-state index in [2.05, 4.69) is 15.5 Å². The Labute approximate surface area is 144 Å². The molecule has 1 aromatic rings. The summed E-state index contributed by atoms with van der Waals surface area (Å²) in [4.78, 5) is 14.3. The molecular formula is C17H31N5O2. The first-order valence-electron chi connectivity index (χ1n) is 8.95. The molecular weight excluding hydrogens is 306 g/mol. The minimum absolute atomic E-state index is 0.0143. The average molecular weight is 337 g/mol. The zero-order chi connectivity index (χ0) is 17.5. The van der Waals surface area contributed by atoms with Crippen molar-refractivity contribution in [3.05, 3.63) is 11.6 Å². The molecule has 2 rings (SSSR count). The highest BCUT2D eigenvalue weighted by molar-refractivity contribution is 5.78. The van der Waals surface area contributed by atoms with Crippen molar-refractivity contribution in [1.82, 2.24) is 25.0 Å². The van der Waals surface area contributed by atoms with Gasteiger partial charge in [-0.1, -0.05) is 19.3 Å². The van der Waals surface area contributed by atoms with Crippen molar-refractivity contribution >= 4 is 5.91 Å². The maximum absolute atomic E-state index is 12.4. The Morgan fingerprint density at radius 1 is 1.38 bits per heavy atom. The fraction of sp³-hybridized carbons (Fsp3) is 0.824. The van der Waals surface area contributed by atoms with Crippen molar-refractivity contribution in [3.8, 4) is 0 Å². The smallest absolute Gasteiger partial charge is 0.234 e. The predicted octanol–water partition coefficient (Wildman–Crippen LogP) is 1.00. The number of aromatic nitrogens is 3. The minimum Gasteiger partial charge on any atom is -0.396 e. The van der Waals surface area contributed by atoms with Gasteiger partial charge in [0.25, 0.3) is 0 Å². The van der Waals surface area contributed by atoms with Crippen molar-refractivity contribution in [1.29, 1.82) is 0 Å². The second-order valence-corrected chi connectivity index (χ2v) is 6.98. The van der Waals surface area contributed by atoms with Crippen LogP contribution in [-0.2, 0) is 18.4 Å². The van der Waals surface area contributed by atoms with Crippen LogP contribution in [0, 0.1) is 12.8 Å². The third-order valence-corrected chi connectivity index (χ3v) is 5.01. The molecule has 1 aliphatic carbocycles. The molecule has 1 heterocycles. The van der Waals surface area contributed by atoms with Crippen molar-refractivity contribution in [3.63, 3.8) is 0 Å². The average Bonchev–Trinajstić information content (AvgIpc) is 2.87. The minimum atomic E-state index is 0.0143. The van der Waals surface area contributed by atoms with E-state index in [9.17, 15) is 9.90 Å². The molecule has 1 amide bonds. The Hall–Kier alpha value is -1.47. The fourth-order valence-electron chi connectivity index (χ4n) is 3.48. The molecule has 1 unspecified atom stereocenters. The third-order valence-electron chi connectivity index (χ3n) is 5.01. The number of carbonyl (C=O) groups excluding carboxylic acids is 1. The number of aryl methyl sites for hydroxylation is 1. The fourth-order valence-corrected chi connectivity index (χ4v) is 3.48. The number of nitrogens with zero attached hydrogens (tertiary/aromatic N) is 4. The van der Waals surface area contributed by atoms with Gasteiger partial charge >= 0.3 is 0 Å². The van der Waals surface area contributed by atoms with Crippen LogP contribution in [0.3, 0.4) is 0 Å². The molecule has 1 aliphatic rings. The standard InChI is InChI=1S/C17H31N5O2/c1-13-19-20-16(22(13)3)11-21(2)12-17(24)18-15(9-10-23)14-7-5-4-6-8-14/h14-15,23H,4-12H2,1-3H3,(H,18,24). The molecule has 1 fully saturated rings. The summed E-state index contributed by atoms with van der Waals surface area (Å²) in [5.74, 6) is 2.23. The second kappa shape index (κ2) is 9.13. The third kappa shape index (κ3) is 5.27. The Morgan fingerprint density at radius 3 is 2.67 bits per heavy atom. The summed E-state index contributed by atoms with van der Waals surface area (Å²) in [5.41, 5.74) is 0. The van der Waals surface area contributed by atoms with E-state index in [0.717, 1.165) is 24.5 Å². The Balaban J connectivity index is 1.84. The van der Waals surface area contributed by atoms with Crippen molar-refractivity contribution < 1.29 is 9.90 Å². The van der Waals surface area contributed by atoms with E-state index in [1.54, 1.807) is 0 Å². The van der Waals surface area contributed by atoms with Gasteiger partial charge in [-0.05, 0) is 39.2 Å². The zero-order valence-corrected chi connectivity index (χ0v) is 15.2. The maximum Gasteiger partial charge on any atom is 0.234 e. The summed E-state index contributed by atoms with van der Waals surface area (Å²) in [6.45, 7) is 2.93. The molecule has 0 radical (unpaired) electrons. The van der Waals surface area contributed by atoms with Gasteiger partial charge in [0.1, 0.15) is 11.6 Å². The lowest BCUT2D eigenvalue weighted by atomic mass is 9.82. The van der Waals surface area contributed by atoms with E-state index in [0.29, 0.717) is 25.4 Å². The zero-order valence-electron chi connectivity index (χ0n) is 15.2. The number of nitrogens with one attached hydrogen (secondary N) is 1. The Bertz CT molecular complexity index is 525. The molecule has 0 aliphatic heterocycles. The molecule has 1 saturated carbocycles. The highest BCUT2D eigenvalue weighted by Crippen LogP contribution is 2.27. The normalized spacial score (nSPS) is 17.2. The van der Waals surface area contributed by atoms with Crippen molar-refractivity contribution in [2.45, 2.75) is 58.0 Å². The van der Waals surface area contributed by atoms with Crippen LogP contribution in [0.4, 0.5) is 0 Å². The molecule has 1 atom stereocenters. The largest absolute Gasteiger partial charge is 0.396 e. The lowest BCUT2D eigenvalue weighted by Crippen LogP contribution is -2.45. The quantitative estimate of drug-likeness (QED) is 0.739. The first-order chi connectivity index (χ1) is 11.5. The number of rotatable bonds is 8. The molecule has 0 aromatic carbocycles. The van der Waals surface area contributed by atoms with Crippen LogP contribution >= 0.6 is 0 Å². The monoisotopic (exact) mass is 337 g/mol. The van der Waals surface area contributed by atoms with Gasteiger partial charge in [0.2, 0.25) is 5.91 Å². The molecule has 7 heteroatoms. The van der Waals surface area contributed by atoms with Crippen LogP contribution in [0.15, 0.2) is 0 Å². The lowest BCUT2D eigenvalue weighted by Gasteiger charge is -2.31. The number of carbonyl (C=O) groups is 1. The summed E-state index contributed by atoms with van der Waals surface area (Å²) < 4.78 is 1.94. The molecule has 2 N–H and O–H groups in total. The van der Waals surface area contributed by atoms with E-state index in [1.807, 2.05) is 30.5 Å². The summed E-state index contributed by atoms with van der Waals surface area (Å²) in [5, 5.41) is 20.6. The van der Waals surface area contributed by atoms with E-state index in [4.69, 9.17) is 0 Å². The van der Waals surface area contributed by atoms with Gasteiger partial charge in [0.05, 0.1) is 13.1 Å². The number of aliphatic hydroxyl groups excluding tert-OH is 1. The highest BCUT2D eigenvalue weighted by Gasteiger charge is 2.25. The first-order valence-corrected chi connectivity index (χ1v) is 8.95. The van der Waals surface area contributed by atoms with Gasteiger partial charge in [0, 0.05) is 19.7 Å². The topological polar surface area (TPSA) is 83.3 Å². The molecule has 0 bridgehead atoms. The number of amides is 1. The van der Waals surface area contributed by atoms with Gasteiger partial charge in [-0.15, -0.1) is 10.2 Å². The van der Waals surface area contributed by atoms with Gasteiger partial charge < -0.3 is 15.0 Å². The molecule has 0 saturated heterocycles. The van der Waals surface area contributed by atoms with Crippen molar-refractivity contribution in [2.75, 3.05) is 20.2 Å². The summed E-state index contributed by atoms with van der Waals surface area (Å²) in [7, 11) is 3.84. The van der Waals surface area contributed by atoms with Crippen LogP contribution < -0.4 is 5.32 Å². The van der Waals surface area contributed by atoms with Crippen LogP contribution in [0.5, 0.6) is 0 Å².